The zero-order chi connectivity index (χ0) is 17.6. The van der Waals surface area contributed by atoms with E-state index in [1.165, 1.54) is 0 Å². The first kappa shape index (κ1) is 17.6. The normalized spacial score (nSPS) is 24.0. The van der Waals surface area contributed by atoms with E-state index in [0.717, 1.165) is 11.3 Å². The maximum atomic E-state index is 12.4. The van der Waals surface area contributed by atoms with E-state index in [1.807, 2.05) is 36.4 Å². The Balaban J connectivity index is 1.60. The first-order valence-electron chi connectivity index (χ1n) is 8.74. The Morgan fingerprint density at radius 1 is 1.20 bits per heavy atom. The minimum absolute atomic E-state index is 0.0121. The van der Waals surface area contributed by atoms with Gasteiger partial charge in [-0.15, -0.1) is 0 Å². The van der Waals surface area contributed by atoms with Gasteiger partial charge in [0.05, 0.1) is 31.5 Å². The van der Waals surface area contributed by atoms with Gasteiger partial charge < -0.3 is 10.1 Å². The summed E-state index contributed by atoms with van der Waals surface area (Å²) in [5.41, 5.74) is 2.02. The molecule has 2 aromatic rings. The molecule has 0 aliphatic carbocycles. The number of ether oxygens (including phenoxy) is 1. The number of carbonyl (C=O) groups excluding carboxylic acids is 1. The number of aromatic nitrogens is 1. The summed E-state index contributed by atoms with van der Waals surface area (Å²) in [5.74, 6) is 0.0121. The van der Waals surface area contributed by atoms with Crippen molar-refractivity contribution in [2.75, 3.05) is 13.2 Å². The molecule has 0 radical (unpaired) electrons. The first-order chi connectivity index (χ1) is 12.1. The molecular weight excluding hydrogens is 314 g/mol. The molecule has 1 saturated heterocycles. The molecule has 5 nitrogen and oxygen atoms in total. The van der Waals surface area contributed by atoms with Crippen LogP contribution in [0.5, 0.6) is 0 Å². The predicted octanol–water partition coefficient (Wildman–Crippen LogP) is 2.55. The number of carbonyl (C=O) groups is 1. The van der Waals surface area contributed by atoms with Gasteiger partial charge in [0.1, 0.15) is 0 Å². The fraction of sp³-hybridized carbons (Fsp3) is 0.400. The Kier molecular flexibility index (Phi) is 5.79. The van der Waals surface area contributed by atoms with E-state index in [4.69, 9.17) is 4.74 Å². The molecule has 3 rings (SSSR count). The summed E-state index contributed by atoms with van der Waals surface area (Å²) in [5, 5.41) is 2.96. The van der Waals surface area contributed by atoms with Crippen LogP contribution in [-0.2, 0) is 16.1 Å². The van der Waals surface area contributed by atoms with E-state index in [1.54, 1.807) is 6.20 Å². The lowest BCUT2D eigenvalue weighted by atomic mass is 9.98. The van der Waals surface area contributed by atoms with E-state index in [2.05, 4.69) is 41.2 Å². The highest BCUT2D eigenvalue weighted by Gasteiger charge is 2.35. The summed E-state index contributed by atoms with van der Waals surface area (Å²) in [7, 11) is 0. The van der Waals surface area contributed by atoms with Crippen molar-refractivity contribution < 1.29 is 9.53 Å². The monoisotopic (exact) mass is 339 g/mol. The van der Waals surface area contributed by atoms with Gasteiger partial charge in [-0.1, -0.05) is 36.4 Å². The number of nitrogens with zero attached hydrogens (tertiary/aromatic N) is 2. The molecule has 1 fully saturated rings. The van der Waals surface area contributed by atoms with E-state index < -0.39 is 0 Å². The van der Waals surface area contributed by atoms with Gasteiger partial charge in [0, 0.05) is 18.3 Å². The van der Waals surface area contributed by atoms with Crippen LogP contribution in [0.1, 0.15) is 31.2 Å². The molecule has 1 N–H and O–H groups in total. The second-order valence-electron chi connectivity index (χ2n) is 6.52. The molecule has 2 heterocycles. The molecule has 1 aromatic heterocycles. The zero-order valence-corrected chi connectivity index (χ0v) is 14.8. The highest BCUT2D eigenvalue weighted by Crippen LogP contribution is 2.30. The van der Waals surface area contributed by atoms with Crippen molar-refractivity contribution >= 4 is 5.91 Å². The Bertz CT molecular complexity index is 678. The minimum Gasteiger partial charge on any atom is -0.370 e. The summed E-state index contributed by atoms with van der Waals surface area (Å²) in [6.07, 6.45) is 1.72. The van der Waals surface area contributed by atoms with Gasteiger partial charge in [-0.2, -0.15) is 0 Å². The molecule has 1 aliphatic heterocycles. The standard InChI is InChI=1S/C20H25N3O2/c1-15-14-25-20(17-8-4-3-5-9-17)16(2)23(15)13-19(24)22-12-18-10-6-7-11-21-18/h3-11,15-16,20H,12-14H2,1-2H3,(H,22,24)/t15-,16+,20+/m1/s1. The average molecular weight is 339 g/mol. The second kappa shape index (κ2) is 8.23. The van der Waals surface area contributed by atoms with Crippen LogP contribution in [0.2, 0.25) is 0 Å². The van der Waals surface area contributed by atoms with Crippen LogP contribution in [0.25, 0.3) is 0 Å². The summed E-state index contributed by atoms with van der Waals surface area (Å²) in [4.78, 5) is 18.8. The third-order valence-corrected chi connectivity index (χ3v) is 4.69. The third-order valence-electron chi connectivity index (χ3n) is 4.69. The molecule has 0 unspecified atom stereocenters. The quantitative estimate of drug-likeness (QED) is 0.910. The number of hydrogen-bond acceptors (Lipinski definition) is 4. The first-order valence-corrected chi connectivity index (χ1v) is 8.74. The van der Waals surface area contributed by atoms with Crippen LogP contribution in [0.15, 0.2) is 54.7 Å². The number of hydrogen-bond donors (Lipinski definition) is 1. The maximum Gasteiger partial charge on any atom is 0.234 e. The van der Waals surface area contributed by atoms with Crippen LogP contribution in [0.3, 0.4) is 0 Å². The molecule has 3 atom stereocenters. The average Bonchev–Trinajstić information content (AvgIpc) is 2.65. The molecule has 25 heavy (non-hydrogen) atoms. The molecule has 0 saturated carbocycles. The van der Waals surface area contributed by atoms with Gasteiger partial charge in [0.15, 0.2) is 0 Å². The fourth-order valence-electron chi connectivity index (χ4n) is 3.28. The van der Waals surface area contributed by atoms with Crippen molar-refractivity contribution in [3.8, 4) is 0 Å². The molecule has 1 aromatic carbocycles. The van der Waals surface area contributed by atoms with E-state index in [0.29, 0.717) is 19.7 Å². The summed E-state index contributed by atoms with van der Waals surface area (Å²) in [6, 6.07) is 16.2. The molecule has 1 aliphatic rings. The Hall–Kier alpha value is -2.24. The lowest BCUT2D eigenvalue weighted by Crippen LogP contribution is -2.54. The van der Waals surface area contributed by atoms with Crippen molar-refractivity contribution in [2.45, 2.75) is 38.6 Å². The number of rotatable bonds is 5. The van der Waals surface area contributed by atoms with Gasteiger partial charge in [-0.25, -0.2) is 0 Å². The highest BCUT2D eigenvalue weighted by atomic mass is 16.5. The van der Waals surface area contributed by atoms with Gasteiger partial charge in [-0.3, -0.25) is 14.7 Å². The predicted molar refractivity (Wildman–Crippen MR) is 96.8 cm³/mol. The van der Waals surface area contributed by atoms with Gasteiger partial charge in [0.25, 0.3) is 0 Å². The summed E-state index contributed by atoms with van der Waals surface area (Å²) < 4.78 is 6.05. The van der Waals surface area contributed by atoms with Crippen LogP contribution >= 0.6 is 0 Å². The number of amides is 1. The van der Waals surface area contributed by atoms with Crippen molar-refractivity contribution in [1.82, 2.24) is 15.2 Å². The SMILES string of the molecule is C[C@@H]1CO[C@H](c2ccccc2)[C@H](C)N1CC(=O)NCc1ccccn1. The van der Waals surface area contributed by atoms with Crippen LogP contribution in [-0.4, -0.2) is 41.0 Å². The number of morpholine rings is 1. The largest absolute Gasteiger partial charge is 0.370 e. The van der Waals surface area contributed by atoms with Gasteiger partial charge >= 0.3 is 0 Å². The van der Waals surface area contributed by atoms with Gasteiger partial charge in [0.2, 0.25) is 5.91 Å². The lowest BCUT2D eigenvalue weighted by molar-refractivity contribution is -0.132. The van der Waals surface area contributed by atoms with E-state index in [-0.39, 0.29) is 24.1 Å². The topological polar surface area (TPSA) is 54.5 Å². The maximum absolute atomic E-state index is 12.4. The van der Waals surface area contributed by atoms with E-state index >= 15 is 0 Å². The summed E-state index contributed by atoms with van der Waals surface area (Å²) >= 11 is 0. The van der Waals surface area contributed by atoms with Crippen molar-refractivity contribution in [1.29, 1.82) is 0 Å². The Morgan fingerprint density at radius 2 is 1.96 bits per heavy atom. The lowest BCUT2D eigenvalue weighted by Gasteiger charge is -2.43. The van der Waals surface area contributed by atoms with Crippen molar-refractivity contribution in [3.05, 3.63) is 66.0 Å². The zero-order valence-electron chi connectivity index (χ0n) is 14.8. The highest BCUT2D eigenvalue weighted by molar-refractivity contribution is 5.78. The smallest absolute Gasteiger partial charge is 0.234 e. The molecule has 0 bridgehead atoms. The molecular formula is C20H25N3O2. The third kappa shape index (κ3) is 4.44. The van der Waals surface area contributed by atoms with Crippen molar-refractivity contribution in [3.63, 3.8) is 0 Å². The molecule has 132 valence electrons. The minimum atomic E-state index is -0.0130. The number of pyridine rings is 1. The van der Waals surface area contributed by atoms with Crippen molar-refractivity contribution in [2.24, 2.45) is 0 Å². The Morgan fingerprint density at radius 3 is 2.68 bits per heavy atom. The van der Waals surface area contributed by atoms with Gasteiger partial charge in [-0.05, 0) is 31.5 Å². The summed E-state index contributed by atoms with van der Waals surface area (Å²) in [6.45, 7) is 5.66. The van der Waals surface area contributed by atoms with Crippen LogP contribution in [0.4, 0.5) is 0 Å². The molecule has 1 amide bonds. The van der Waals surface area contributed by atoms with Crippen LogP contribution in [0, 0.1) is 0 Å². The van der Waals surface area contributed by atoms with Crippen LogP contribution < -0.4 is 5.32 Å². The molecule has 5 heteroatoms. The number of benzene rings is 1. The molecule has 0 spiro atoms. The van der Waals surface area contributed by atoms with E-state index in [9.17, 15) is 4.79 Å². The fourth-order valence-corrected chi connectivity index (χ4v) is 3.28. The number of nitrogens with one attached hydrogen (secondary N) is 1. The Labute approximate surface area is 149 Å². The second-order valence-corrected chi connectivity index (χ2v) is 6.52.